The van der Waals surface area contributed by atoms with Gasteiger partial charge in [0.2, 0.25) is 0 Å². The fourth-order valence-corrected chi connectivity index (χ4v) is 5.54. The van der Waals surface area contributed by atoms with Crippen molar-refractivity contribution in [2.24, 2.45) is 0 Å². The molecule has 0 aliphatic carbocycles. The first-order chi connectivity index (χ1) is 13.5. The van der Waals surface area contributed by atoms with Crippen LogP contribution in [0.2, 0.25) is 5.02 Å². The molecule has 1 atom stereocenters. The van der Waals surface area contributed by atoms with Gasteiger partial charge in [-0.25, -0.2) is 17.6 Å². The molecule has 0 spiro atoms. The summed E-state index contributed by atoms with van der Waals surface area (Å²) in [6.07, 6.45) is 0.274. The first-order valence-corrected chi connectivity index (χ1v) is 10.8. The van der Waals surface area contributed by atoms with E-state index in [2.05, 4.69) is 10.5 Å². The minimum Gasteiger partial charge on any atom is -0.452 e. The Kier molecular flexibility index (Phi) is 5.68. The maximum Gasteiger partial charge on any atom is 0.344 e. The standard InChI is InChI=1S/C18H18ClFN2O6S/c1-10-14(16(22-28-10)15-11(19)4-3-5-12(15)20)17(24)27-8-13(23)21-18(2)6-7-29(25,26)9-18/h3-5H,6-9H2,1-2H3,(H,21,23)/t18-/m0/s1. The van der Waals surface area contributed by atoms with E-state index in [-0.39, 0.29) is 45.5 Å². The van der Waals surface area contributed by atoms with E-state index in [0.29, 0.717) is 0 Å². The van der Waals surface area contributed by atoms with Crippen LogP contribution in [0.25, 0.3) is 11.3 Å². The van der Waals surface area contributed by atoms with Crippen LogP contribution in [-0.4, -0.2) is 49.1 Å². The molecule has 3 rings (SSSR count). The van der Waals surface area contributed by atoms with Gasteiger partial charge >= 0.3 is 5.97 Å². The van der Waals surface area contributed by atoms with Gasteiger partial charge < -0.3 is 14.6 Å². The first-order valence-electron chi connectivity index (χ1n) is 8.60. The predicted molar refractivity (Wildman–Crippen MR) is 102 cm³/mol. The summed E-state index contributed by atoms with van der Waals surface area (Å²) in [5.41, 5.74) is -1.32. The number of carbonyl (C=O) groups excluding carboxylic acids is 2. The molecule has 2 aromatic rings. The van der Waals surface area contributed by atoms with Crippen LogP contribution in [0.3, 0.4) is 0 Å². The van der Waals surface area contributed by atoms with Crippen LogP contribution in [0, 0.1) is 12.7 Å². The monoisotopic (exact) mass is 444 g/mol. The highest BCUT2D eigenvalue weighted by Crippen LogP contribution is 2.33. The normalized spacial score (nSPS) is 20.4. The van der Waals surface area contributed by atoms with E-state index in [0.717, 1.165) is 6.07 Å². The first kappa shape index (κ1) is 21.3. The van der Waals surface area contributed by atoms with Gasteiger partial charge in [0.15, 0.2) is 16.4 Å². The second kappa shape index (κ2) is 7.75. The number of sulfone groups is 1. The maximum atomic E-state index is 14.2. The summed E-state index contributed by atoms with van der Waals surface area (Å²) in [6.45, 7) is 2.40. The molecule has 0 unspecified atom stereocenters. The van der Waals surface area contributed by atoms with Crippen molar-refractivity contribution in [1.82, 2.24) is 10.5 Å². The van der Waals surface area contributed by atoms with Crippen molar-refractivity contribution in [3.8, 4) is 11.3 Å². The van der Waals surface area contributed by atoms with Gasteiger partial charge in [-0.05, 0) is 32.4 Å². The number of carbonyl (C=O) groups is 2. The summed E-state index contributed by atoms with van der Waals surface area (Å²) in [7, 11) is -3.21. The number of aryl methyl sites for hydroxylation is 1. The Balaban J connectivity index is 1.72. The third-order valence-corrected chi connectivity index (χ3v) is 6.76. The lowest BCUT2D eigenvalue weighted by molar-refractivity contribution is -0.125. The Morgan fingerprint density at radius 1 is 1.41 bits per heavy atom. The number of hydrogen-bond donors (Lipinski definition) is 1. The fourth-order valence-electron chi connectivity index (χ4n) is 3.19. The summed E-state index contributed by atoms with van der Waals surface area (Å²) in [4.78, 5) is 24.6. The molecule has 1 aliphatic rings. The van der Waals surface area contributed by atoms with Crippen LogP contribution in [0.5, 0.6) is 0 Å². The fraction of sp³-hybridized carbons (Fsp3) is 0.389. The molecular formula is C18H18ClFN2O6S. The van der Waals surface area contributed by atoms with Gasteiger partial charge in [0.1, 0.15) is 22.8 Å². The lowest BCUT2D eigenvalue weighted by atomic mass is 10.0. The summed E-state index contributed by atoms with van der Waals surface area (Å²) >= 11 is 6.02. The highest BCUT2D eigenvalue weighted by molar-refractivity contribution is 7.91. The number of aromatic nitrogens is 1. The van der Waals surface area contributed by atoms with Crippen molar-refractivity contribution in [3.63, 3.8) is 0 Å². The molecule has 11 heteroatoms. The molecule has 29 heavy (non-hydrogen) atoms. The number of ether oxygens (including phenoxy) is 1. The van der Waals surface area contributed by atoms with Gasteiger partial charge in [-0.3, -0.25) is 4.79 Å². The minimum atomic E-state index is -3.21. The molecule has 1 aromatic carbocycles. The number of nitrogens with one attached hydrogen (secondary N) is 1. The van der Waals surface area contributed by atoms with E-state index in [1.165, 1.54) is 19.1 Å². The van der Waals surface area contributed by atoms with Crippen LogP contribution in [0.15, 0.2) is 22.7 Å². The van der Waals surface area contributed by atoms with Crippen LogP contribution in [-0.2, 0) is 19.4 Å². The highest BCUT2D eigenvalue weighted by Gasteiger charge is 2.39. The van der Waals surface area contributed by atoms with Crippen molar-refractivity contribution in [2.45, 2.75) is 25.8 Å². The van der Waals surface area contributed by atoms with E-state index in [1.807, 2.05) is 0 Å². The number of nitrogens with zero attached hydrogens (tertiary/aromatic N) is 1. The molecule has 1 saturated heterocycles. The summed E-state index contributed by atoms with van der Waals surface area (Å²) in [5.74, 6) is -2.43. The molecule has 2 heterocycles. The van der Waals surface area contributed by atoms with Gasteiger partial charge in [0.25, 0.3) is 5.91 Å². The summed E-state index contributed by atoms with van der Waals surface area (Å²) < 4.78 is 47.4. The van der Waals surface area contributed by atoms with E-state index >= 15 is 0 Å². The largest absolute Gasteiger partial charge is 0.452 e. The van der Waals surface area contributed by atoms with Crippen LogP contribution >= 0.6 is 11.6 Å². The molecular weight excluding hydrogens is 427 g/mol. The lowest BCUT2D eigenvalue weighted by Gasteiger charge is -2.23. The number of esters is 1. The highest BCUT2D eigenvalue weighted by atomic mass is 35.5. The van der Waals surface area contributed by atoms with Crippen LogP contribution in [0.1, 0.15) is 29.5 Å². The van der Waals surface area contributed by atoms with Crippen molar-refractivity contribution in [1.29, 1.82) is 0 Å². The van der Waals surface area contributed by atoms with E-state index in [1.54, 1.807) is 6.92 Å². The van der Waals surface area contributed by atoms with Crippen molar-refractivity contribution >= 4 is 33.3 Å². The molecule has 8 nitrogen and oxygen atoms in total. The van der Waals surface area contributed by atoms with E-state index in [4.69, 9.17) is 20.9 Å². The molecule has 0 bridgehead atoms. The molecule has 1 aromatic heterocycles. The Morgan fingerprint density at radius 3 is 2.76 bits per heavy atom. The van der Waals surface area contributed by atoms with Crippen LogP contribution < -0.4 is 5.32 Å². The minimum absolute atomic E-state index is 0.0176. The van der Waals surface area contributed by atoms with Crippen molar-refractivity contribution in [3.05, 3.63) is 40.4 Å². The van der Waals surface area contributed by atoms with E-state index in [9.17, 15) is 22.4 Å². The Morgan fingerprint density at radius 2 is 2.14 bits per heavy atom. The molecule has 0 radical (unpaired) electrons. The average Bonchev–Trinajstić information content (AvgIpc) is 3.11. The van der Waals surface area contributed by atoms with Gasteiger partial charge in [-0.15, -0.1) is 0 Å². The third kappa shape index (κ3) is 4.59. The number of halogens is 2. The zero-order valence-corrected chi connectivity index (χ0v) is 17.2. The lowest BCUT2D eigenvalue weighted by Crippen LogP contribution is -2.48. The zero-order chi connectivity index (χ0) is 21.4. The molecule has 1 fully saturated rings. The second-order valence-corrected chi connectivity index (χ2v) is 9.68. The smallest absolute Gasteiger partial charge is 0.344 e. The second-order valence-electron chi connectivity index (χ2n) is 7.09. The summed E-state index contributed by atoms with van der Waals surface area (Å²) in [5, 5.41) is 6.30. The van der Waals surface area contributed by atoms with Crippen molar-refractivity contribution in [2.75, 3.05) is 18.1 Å². The molecule has 156 valence electrons. The molecule has 1 N–H and O–H groups in total. The van der Waals surface area contributed by atoms with Crippen molar-refractivity contribution < 1.29 is 31.7 Å². The number of hydrogen-bond acceptors (Lipinski definition) is 7. The molecule has 1 aliphatic heterocycles. The molecule has 1 amide bonds. The summed E-state index contributed by atoms with van der Waals surface area (Å²) in [6, 6.07) is 3.99. The SMILES string of the molecule is Cc1onc(-c2c(F)cccc2Cl)c1C(=O)OCC(=O)N[C@@]1(C)CCS(=O)(=O)C1. The van der Waals surface area contributed by atoms with E-state index < -0.39 is 39.7 Å². The van der Waals surface area contributed by atoms with Gasteiger partial charge in [0.05, 0.1) is 27.6 Å². The predicted octanol–water partition coefficient (Wildman–Crippen LogP) is 2.29. The Hall–Kier alpha value is -2.46. The zero-order valence-electron chi connectivity index (χ0n) is 15.6. The Labute approximate surface area is 171 Å². The number of rotatable bonds is 5. The maximum absolute atomic E-state index is 14.2. The van der Waals surface area contributed by atoms with Crippen LogP contribution in [0.4, 0.5) is 4.39 Å². The molecule has 0 saturated carbocycles. The third-order valence-electron chi connectivity index (χ3n) is 4.55. The average molecular weight is 445 g/mol. The van der Waals surface area contributed by atoms with Gasteiger partial charge in [0, 0.05) is 0 Å². The van der Waals surface area contributed by atoms with Gasteiger partial charge in [-0.1, -0.05) is 22.8 Å². The number of benzene rings is 1. The van der Waals surface area contributed by atoms with Gasteiger partial charge in [-0.2, -0.15) is 0 Å². The Bertz CT molecular complexity index is 1060. The number of amides is 1. The quantitative estimate of drug-likeness (QED) is 0.703. The topological polar surface area (TPSA) is 116 Å².